The summed E-state index contributed by atoms with van der Waals surface area (Å²) in [7, 11) is 0. The predicted octanol–water partition coefficient (Wildman–Crippen LogP) is 1.50. The van der Waals surface area contributed by atoms with Crippen molar-refractivity contribution in [3.63, 3.8) is 0 Å². The van der Waals surface area contributed by atoms with Gasteiger partial charge in [0, 0.05) is 6.07 Å². The van der Waals surface area contributed by atoms with Crippen molar-refractivity contribution in [2.24, 2.45) is 11.8 Å². The zero-order chi connectivity index (χ0) is 16.7. The average molecular weight is 331 g/mol. The van der Waals surface area contributed by atoms with E-state index in [1.165, 1.54) is 0 Å². The van der Waals surface area contributed by atoms with Gasteiger partial charge in [-0.1, -0.05) is 12.8 Å². The van der Waals surface area contributed by atoms with Crippen molar-refractivity contribution < 1.29 is 28.6 Å². The maximum absolute atomic E-state index is 12.4. The molecule has 1 saturated heterocycles. The highest BCUT2D eigenvalue weighted by Crippen LogP contribution is 2.38. The molecule has 1 aromatic carbocycles. The van der Waals surface area contributed by atoms with Gasteiger partial charge in [0.2, 0.25) is 18.6 Å². The molecule has 2 heterocycles. The van der Waals surface area contributed by atoms with E-state index >= 15 is 0 Å². The summed E-state index contributed by atoms with van der Waals surface area (Å²) >= 11 is 0. The molecule has 2 fully saturated rings. The highest BCUT2D eigenvalue weighted by Gasteiger charge is 2.48. The number of ether oxygens (including phenoxy) is 3. The second kappa shape index (κ2) is 5.81. The van der Waals surface area contributed by atoms with Gasteiger partial charge in [-0.15, -0.1) is 0 Å². The quantitative estimate of drug-likeness (QED) is 0.474. The maximum Gasteiger partial charge on any atom is 0.331 e. The SMILES string of the molecule is O=C(CN1C(=O)[C@@H]2CCCC[C@H]2C1=O)Oc1ccc2c(c1)OCO2. The summed E-state index contributed by atoms with van der Waals surface area (Å²) in [4.78, 5) is 37.9. The van der Waals surface area contributed by atoms with Crippen LogP contribution in [-0.4, -0.2) is 36.0 Å². The molecule has 0 spiro atoms. The van der Waals surface area contributed by atoms with Crippen molar-refractivity contribution in [3.8, 4) is 17.2 Å². The number of imide groups is 1. The van der Waals surface area contributed by atoms with Gasteiger partial charge in [-0.25, -0.2) is 4.79 Å². The average Bonchev–Trinajstić information content (AvgIpc) is 3.14. The van der Waals surface area contributed by atoms with E-state index in [0.717, 1.165) is 30.6 Å². The Morgan fingerprint density at radius 1 is 1.08 bits per heavy atom. The number of carbonyl (C=O) groups is 3. The Hall–Kier alpha value is -2.57. The number of nitrogens with zero attached hydrogens (tertiary/aromatic N) is 1. The van der Waals surface area contributed by atoms with E-state index in [1.807, 2.05) is 0 Å². The molecule has 7 heteroatoms. The van der Waals surface area contributed by atoms with Gasteiger partial charge in [-0.05, 0) is 25.0 Å². The minimum absolute atomic E-state index is 0.131. The number of rotatable bonds is 3. The third-order valence-electron chi connectivity index (χ3n) is 4.80. The zero-order valence-corrected chi connectivity index (χ0v) is 13.0. The molecular formula is C17H17NO6. The molecule has 2 atom stereocenters. The number of esters is 1. The highest BCUT2D eigenvalue weighted by atomic mass is 16.7. The largest absolute Gasteiger partial charge is 0.454 e. The topological polar surface area (TPSA) is 82.1 Å². The second-order valence-corrected chi connectivity index (χ2v) is 6.25. The summed E-state index contributed by atoms with van der Waals surface area (Å²) < 4.78 is 15.6. The summed E-state index contributed by atoms with van der Waals surface area (Å²) in [6.45, 7) is -0.217. The van der Waals surface area contributed by atoms with Crippen molar-refractivity contribution in [2.75, 3.05) is 13.3 Å². The van der Waals surface area contributed by atoms with E-state index in [9.17, 15) is 14.4 Å². The smallest absolute Gasteiger partial charge is 0.331 e. The Labute approximate surface area is 138 Å². The molecule has 3 aliphatic rings. The van der Waals surface area contributed by atoms with Crippen LogP contribution >= 0.6 is 0 Å². The Morgan fingerprint density at radius 2 is 1.75 bits per heavy atom. The van der Waals surface area contributed by atoms with E-state index in [0.29, 0.717) is 17.2 Å². The van der Waals surface area contributed by atoms with Crippen LogP contribution in [0.5, 0.6) is 17.2 Å². The second-order valence-electron chi connectivity index (χ2n) is 6.25. The van der Waals surface area contributed by atoms with Crippen LogP contribution in [0.4, 0.5) is 0 Å². The fourth-order valence-corrected chi connectivity index (χ4v) is 3.62. The van der Waals surface area contributed by atoms with Crippen LogP contribution in [0.1, 0.15) is 25.7 Å². The predicted molar refractivity (Wildman–Crippen MR) is 80.4 cm³/mol. The molecule has 1 saturated carbocycles. The van der Waals surface area contributed by atoms with Gasteiger partial charge >= 0.3 is 5.97 Å². The molecular weight excluding hydrogens is 314 g/mol. The summed E-state index contributed by atoms with van der Waals surface area (Å²) in [6, 6.07) is 4.78. The zero-order valence-electron chi connectivity index (χ0n) is 13.0. The van der Waals surface area contributed by atoms with Crippen molar-refractivity contribution in [1.29, 1.82) is 0 Å². The van der Waals surface area contributed by atoms with Crippen molar-refractivity contribution in [2.45, 2.75) is 25.7 Å². The first-order valence-corrected chi connectivity index (χ1v) is 8.09. The van der Waals surface area contributed by atoms with E-state index < -0.39 is 5.97 Å². The van der Waals surface area contributed by atoms with E-state index in [-0.39, 0.29) is 37.0 Å². The molecule has 0 unspecified atom stereocenters. The minimum Gasteiger partial charge on any atom is -0.454 e. The first kappa shape index (κ1) is 15.0. The lowest BCUT2D eigenvalue weighted by Crippen LogP contribution is -2.37. The number of likely N-dealkylation sites (tertiary alicyclic amines) is 1. The lowest BCUT2D eigenvalue weighted by molar-refractivity contribution is -0.148. The van der Waals surface area contributed by atoms with Crippen LogP contribution in [0.2, 0.25) is 0 Å². The van der Waals surface area contributed by atoms with Gasteiger partial charge in [0.15, 0.2) is 11.5 Å². The molecule has 0 bridgehead atoms. The Balaban J connectivity index is 1.42. The monoisotopic (exact) mass is 331 g/mol. The van der Waals surface area contributed by atoms with Crippen LogP contribution in [-0.2, 0) is 14.4 Å². The maximum atomic E-state index is 12.4. The molecule has 1 aliphatic carbocycles. The van der Waals surface area contributed by atoms with Crippen molar-refractivity contribution in [3.05, 3.63) is 18.2 Å². The first-order valence-electron chi connectivity index (χ1n) is 8.09. The van der Waals surface area contributed by atoms with Crippen molar-refractivity contribution in [1.82, 2.24) is 4.90 Å². The molecule has 7 nitrogen and oxygen atoms in total. The number of benzene rings is 1. The fourth-order valence-electron chi connectivity index (χ4n) is 3.62. The molecule has 126 valence electrons. The minimum atomic E-state index is -0.644. The molecule has 0 radical (unpaired) electrons. The van der Waals surface area contributed by atoms with Gasteiger partial charge in [0.05, 0.1) is 11.8 Å². The Bertz CT molecular complexity index is 691. The highest BCUT2D eigenvalue weighted by molar-refractivity contribution is 6.07. The van der Waals surface area contributed by atoms with Crippen molar-refractivity contribution >= 4 is 17.8 Å². The number of amides is 2. The van der Waals surface area contributed by atoms with Gasteiger partial charge in [0.25, 0.3) is 0 Å². The summed E-state index contributed by atoms with van der Waals surface area (Å²) in [5.41, 5.74) is 0. The summed E-state index contributed by atoms with van der Waals surface area (Å²) in [5, 5.41) is 0. The molecule has 1 aromatic rings. The lowest BCUT2D eigenvalue weighted by atomic mass is 9.81. The molecule has 4 rings (SSSR count). The van der Waals surface area contributed by atoms with Gasteiger partial charge in [0.1, 0.15) is 12.3 Å². The van der Waals surface area contributed by atoms with E-state index in [1.54, 1.807) is 18.2 Å². The van der Waals surface area contributed by atoms with E-state index in [4.69, 9.17) is 14.2 Å². The number of hydrogen-bond acceptors (Lipinski definition) is 6. The van der Waals surface area contributed by atoms with Gasteiger partial charge in [-0.2, -0.15) is 0 Å². The third-order valence-corrected chi connectivity index (χ3v) is 4.80. The van der Waals surface area contributed by atoms with Crippen LogP contribution in [0, 0.1) is 11.8 Å². The van der Waals surface area contributed by atoms with Gasteiger partial charge < -0.3 is 14.2 Å². The Kier molecular flexibility index (Phi) is 3.63. The summed E-state index contributed by atoms with van der Waals surface area (Å²) in [5.74, 6) is -0.271. The molecule has 0 aromatic heterocycles. The number of hydrogen-bond donors (Lipinski definition) is 0. The van der Waals surface area contributed by atoms with E-state index in [2.05, 4.69) is 0 Å². The fraction of sp³-hybridized carbons (Fsp3) is 0.471. The third kappa shape index (κ3) is 2.50. The van der Waals surface area contributed by atoms with Crippen LogP contribution in [0.15, 0.2) is 18.2 Å². The van der Waals surface area contributed by atoms with Gasteiger partial charge in [-0.3, -0.25) is 14.5 Å². The van der Waals surface area contributed by atoms with Crippen LogP contribution in [0.25, 0.3) is 0 Å². The normalized spacial score (nSPS) is 24.9. The number of carbonyl (C=O) groups excluding carboxylic acids is 3. The molecule has 24 heavy (non-hydrogen) atoms. The standard InChI is InChI=1S/C17H17NO6/c19-15(24-10-5-6-13-14(7-10)23-9-22-13)8-18-16(20)11-3-1-2-4-12(11)17(18)21/h5-7,11-12H,1-4,8-9H2/t11-,12-/m1/s1. The number of fused-ring (bicyclic) bond motifs is 2. The first-order chi connectivity index (χ1) is 11.6. The van der Waals surface area contributed by atoms with Crippen LogP contribution < -0.4 is 14.2 Å². The van der Waals surface area contributed by atoms with Crippen LogP contribution in [0.3, 0.4) is 0 Å². The molecule has 2 aliphatic heterocycles. The Morgan fingerprint density at radius 3 is 2.46 bits per heavy atom. The summed E-state index contributed by atoms with van der Waals surface area (Å²) in [6.07, 6.45) is 3.36. The lowest BCUT2D eigenvalue weighted by Gasteiger charge is -2.19. The molecule has 2 amide bonds. The molecule has 0 N–H and O–H groups in total.